The maximum Gasteiger partial charge on any atom is 0.587 e. The summed E-state index contributed by atoms with van der Waals surface area (Å²) in [6, 6.07) is 18.0. The van der Waals surface area contributed by atoms with Crippen molar-refractivity contribution >= 4 is 7.82 Å². The summed E-state index contributed by atoms with van der Waals surface area (Å²) >= 11 is 0. The molecule has 2 aromatic rings. The number of benzene rings is 2. The minimum absolute atomic E-state index is 0.345. The van der Waals surface area contributed by atoms with Gasteiger partial charge in [0.1, 0.15) is 11.5 Å². The lowest BCUT2D eigenvalue weighted by molar-refractivity contribution is 0.205. The Bertz CT molecular complexity index is 777. The Kier molecular flexibility index (Phi) is 16.0. The molecule has 0 unspecified atom stereocenters. The number of hydrogen-bond acceptors (Lipinski definition) is 4. The van der Waals surface area contributed by atoms with E-state index in [-0.39, 0.29) is 0 Å². The fraction of sp³-hybridized carbons (Fsp3) is 0.533. The second-order valence-electron chi connectivity index (χ2n) is 9.03. The molecule has 0 aliphatic heterocycles. The molecule has 0 aliphatic carbocycles. The van der Waals surface area contributed by atoms with Gasteiger partial charge in [-0.2, -0.15) is 0 Å². The van der Waals surface area contributed by atoms with Gasteiger partial charge in [0.25, 0.3) is 0 Å². The second kappa shape index (κ2) is 19.2. The highest BCUT2D eigenvalue weighted by molar-refractivity contribution is 7.49. The van der Waals surface area contributed by atoms with E-state index in [1.54, 1.807) is 24.3 Å². The zero-order chi connectivity index (χ0) is 24.9. The summed E-state index contributed by atoms with van der Waals surface area (Å²) in [4.78, 5) is 0. The predicted octanol–water partition coefficient (Wildman–Crippen LogP) is 10.3. The van der Waals surface area contributed by atoms with Crippen LogP contribution in [-0.4, -0.2) is 6.61 Å². The third kappa shape index (κ3) is 14.9. The normalized spacial score (nSPS) is 11.7. The van der Waals surface area contributed by atoms with Crippen molar-refractivity contribution in [3.8, 4) is 11.5 Å². The smallest absolute Gasteiger partial charge is 0.395 e. The lowest BCUT2D eigenvalue weighted by Crippen LogP contribution is -2.06. The summed E-state index contributed by atoms with van der Waals surface area (Å²) in [5.41, 5.74) is 0. The summed E-state index contributed by atoms with van der Waals surface area (Å²) in [5, 5.41) is 0. The molecule has 4 nitrogen and oxygen atoms in total. The van der Waals surface area contributed by atoms with E-state index in [1.165, 1.54) is 70.6 Å². The van der Waals surface area contributed by atoms with E-state index in [2.05, 4.69) is 19.1 Å². The average Bonchev–Trinajstić information content (AvgIpc) is 2.87. The first kappa shape index (κ1) is 29.2. The average molecular weight is 501 g/mol. The number of phosphoric ester groups is 1. The largest absolute Gasteiger partial charge is 0.587 e. The van der Waals surface area contributed by atoms with Crippen LogP contribution in [0.15, 0.2) is 72.8 Å². The summed E-state index contributed by atoms with van der Waals surface area (Å²) in [6.07, 6.45) is 22.1. The van der Waals surface area contributed by atoms with E-state index < -0.39 is 7.82 Å². The molecule has 0 radical (unpaired) electrons. The van der Waals surface area contributed by atoms with Gasteiger partial charge in [-0.25, -0.2) is 4.57 Å². The molecule has 0 saturated carbocycles. The molecule has 0 atom stereocenters. The number of allylic oxidation sites excluding steroid dienone is 2. The van der Waals surface area contributed by atoms with Crippen LogP contribution in [0.25, 0.3) is 0 Å². The van der Waals surface area contributed by atoms with Gasteiger partial charge in [0.05, 0.1) is 6.61 Å². The first-order valence-electron chi connectivity index (χ1n) is 13.6. The monoisotopic (exact) mass is 500 g/mol. The van der Waals surface area contributed by atoms with E-state index in [0.717, 1.165) is 19.3 Å². The lowest BCUT2D eigenvalue weighted by atomic mass is 10.1. The Hall–Kier alpha value is -2.03. The van der Waals surface area contributed by atoms with E-state index in [0.29, 0.717) is 18.1 Å². The predicted molar refractivity (Wildman–Crippen MR) is 147 cm³/mol. The number of rotatable bonds is 21. The van der Waals surface area contributed by atoms with Crippen LogP contribution >= 0.6 is 7.82 Å². The van der Waals surface area contributed by atoms with Gasteiger partial charge in [0.15, 0.2) is 0 Å². The molecule has 0 N–H and O–H groups in total. The highest BCUT2D eigenvalue weighted by Gasteiger charge is 2.30. The fourth-order valence-corrected chi connectivity index (χ4v) is 5.07. The van der Waals surface area contributed by atoms with Crippen LogP contribution < -0.4 is 9.05 Å². The van der Waals surface area contributed by atoms with Gasteiger partial charge >= 0.3 is 7.82 Å². The van der Waals surface area contributed by atoms with E-state index >= 15 is 0 Å². The first-order chi connectivity index (χ1) is 17.2. The molecule has 2 aromatic carbocycles. The molecular formula is C30H45O4P. The number of para-hydroxylation sites is 2. The van der Waals surface area contributed by atoms with Gasteiger partial charge in [-0.3, -0.25) is 4.52 Å². The molecule has 35 heavy (non-hydrogen) atoms. The quantitative estimate of drug-likeness (QED) is 0.0971. The molecular weight excluding hydrogens is 455 g/mol. The van der Waals surface area contributed by atoms with Crippen LogP contribution in [0.1, 0.15) is 96.8 Å². The van der Waals surface area contributed by atoms with E-state index in [9.17, 15) is 4.57 Å². The van der Waals surface area contributed by atoms with Gasteiger partial charge in [0, 0.05) is 0 Å². The molecule has 5 heteroatoms. The van der Waals surface area contributed by atoms with Crippen LogP contribution in [0.5, 0.6) is 11.5 Å². The zero-order valence-electron chi connectivity index (χ0n) is 21.6. The van der Waals surface area contributed by atoms with Gasteiger partial charge in [-0.15, -0.1) is 0 Å². The topological polar surface area (TPSA) is 44.8 Å². The Morgan fingerprint density at radius 2 is 1.03 bits per heavy atom. The maximum absolute atomic E-state index is 13.2. The van der Waals surface area contributed by atoms with Crippen molar-refractivity contribution < 1.29 is 18.1 Å². The molecule has 0 heterocycles. The molecule has 2 rings (SSSR count). The van der Waals surface area contributed by atoms with Crippen molar-refractivity contribution in [2.45, 2.75) is 96.8 Å². The summed E-state index contributed by atoms with van der Waals surface area (Å²) < 4.78 is 30.2. The van der Waals surface area contributed by atoms with Crippen LogP contribution in [0.2, 0.25) is 0 Å². The molecule has 194 valence electrons. The molecule has 0 amide bonds. The van der Waals surface area contributed by atoms with Crippen molar-refractivity contribution in [1.29, 1.82) is 0 Å². The van der Waals surface area contributed by atoms with E-state index in [1.807, 2.05) is 36.4 Å². The van der Waals surface area contributed by atoms with Crippen LogP contribution in [0, 0.1) is 0 Å². The van der Waals surface area contributed by atoms with Gasteiger partial charge < -0.3 is 9.05 Å². The third-order valence-electron chi connectivity index (χ3n) is 5.83. The molecule has 0 aromatic heterocycles. The maximum atomic E-state index is 13.2. The Morgan fingerprint density at radius 3 is 1.51 bits per heavy atom. The van der Waals surface area contributed by atoms with Crippen LogP contribution in [-0.2, 0) is 9.09 Å². The highest BCUT2D eigenvalue weighted by atomic mass is 31.2. The van der Waals surface area contributed by atoms with Crippen molar-refractivity contribution in [1.82, 2.24) is 0 Å². The minimum atomic E-state index is -3.76. The first-order valence-corrected chi connectivity index (χ1v) is 15.1. The van der Waals surface area contributed by atoms with E-state index in [4.69, 9.17) is 13.6 Å². The van der Waals surface area contributed by atoms with Gasteiger partial charge in [0.2, 0.25) is 0 Å². The Morgan fingerprint density at radius 1 is 0.600 bits per heavy atom. The van der Waals surface area contributed by atoms with Crippen LogP contribution in [0.3, 0.4) is 0 Å². The lowest BCUT2D eigenvalue weighted by Gasteiger charge is -2.19. The number of hydrogen-bond donors (Lipinski definition) is 0. The SMILES string of the molecule is CCCCCCCC/C=C\CCCCCCCCOP(=O)(Oc1ccccc1)Oc1ccccc1. The molecule has 0 aliphatic rings. The molecule has 0 saturated heterocycles. The molecule has 0 bridgehead atoms. The zero-order valence-corrected chi connectivity index (χ0v) is 22.5. The fourth-order valence-electron chi connectivity index (χ4n) is 3.82. The standard InChI is InChI=1S/C30H45O4P/c1-2-3-4-5-6-7-8-9-10-11-12-13-14-15-16-23-28-32-35(31,33-29-24-19-17-20-25-29)34-30-26-21-18-22-27-30/h9-10,17-22,24-27H,2-8,11-16,23,28H2,1H3/b10-9-. The number of unbranched alkanes of at least 4 members (excludes halogenated alkanes) is 12. The summed E-state index contributed by atoms with van der Waals surface area (Å²) in [5.74, 6) is 0.931. The summed E-state index contributed by atoms with van der Waals surface area (Å²) in [6.45, 7) is 2.61. The highest BCUT2D eigenvalue weighted by Crippen LogP contribution is 2.49. The third-order valence-corrected chi connectivity index (χ3v) is 7.19. The Labute approximate surface area is 213 Å². The molecule has 0 spiro atoms. The Balaban J connectivity index is 1.54. The van der Waals surface area contributed by atoms with Crippen molar-refractivity contribution in [2.24, 2.45) is 0 Å². The van der Waals surface area contributed by atoms with Gasteiger partial charge in [-0.1, -0.05) is 113 Å². The molecule has 0 fully saturated rings. The number of phosphoric acid groups is 1. The van der Waals surface area contributed by atoms with Crippen molar-refractivity contribution in [3.05, 3.63) is 72.8 Å². The summed E-state index contributed by atoms with van der Waals surface area (Å²) in [7, 11) is -3.76. The van der Waals surface area contributed by atoms with Gasteiger partial charge in [-0.05, 0) is 56.4 Å². The minimum Gasteiger partial charge on any atom is -0.395 e. The van der Waals surface area contributed by atoms with Crippen molar-refractivity contribution in [2.75, 3.05) is 6.61 Å². The second-order valence-corrected chi connectivity index (χ2v) is 10.5. The van der Waals surface area contributed by atoms with Crippen LogP contribution in [0.4, 0.5) is 0 Å². The van der Waals surface area contributed by atoms with Crippen molar-refractivity contribution in [3.63, 3.8) is 0 Å².